The number of amides is 1. The lowest BCUT2D eigenvalue weighted by Crippen LogP contribution is -2.30. The van der Waals surface area contributed by atoms with Crippen molar-refractivity contribution in [2.24, 2.45) is 0 Å². The number of hydrogen-bond acceptors (Lipinski definition) is 5. The number of aliphatic hydroxyl groups is 1. The van der Waals surface area contributed by atoms with E-state index in [0.717, 1.165) is 0 Å². The normalized spacial score (nSPS) is 11.7. The fraction of sp³-hybridized carbons (Fsp3) is 0.222. The largest absolute Gasteiger partial charge is 0.449 e. The van der Waals surface area contributed by atoms with Crippen LogP contribution in [-0.2, 0) is 16.1 Å². The first-order valence-corrected chi connectivity index (χ1v) is 7.66. The van der Waals surface area contributed by atoms with Crippen LogP contribution in [0.25, 0.3) is 0 Å². The van der Waals surface area contributed by atoms with Gasteiger partial charge in [-0.15, -0.1) is 0 Å². The molecular formula is C18H17F2NO5. The molecule has 0 saturated heterocycles. The van der Waals surface area contributed by atoms with Crippen molar-refractivity contribution in [1.82, 2.24) is 0 Å². The molecule has 0 heterocycles. The standard InChI is InChI=1S/C18H17F2NO5/c1-11(25-17(24)13-8-6-12(10-22)7-9-13)16(23)21-14-4-2-3-5-15(14)26-18(19)20/h2-9,11,18,22H,10H2,1H3,(H,21,23)/t11-/m1/s1. The molecule has 2 aromatic carbocycles. The SMILES string of the molecule is C[C@@H](OC(=O)c1ccc(CO)cc1)C(=O)Nc1ccccc1OC(F)F. The summed E-state index contributed by atoms with van der Waals surface area (Å²) in [5.74, 6) is -1.63. The van der Waals surface area contributed by atoms with Gasteiger partial charge in [-0.25, -0.2) is 4.79 Å². The van der Waals surface area contributed by atoms with Crippen molar-refractivity contribution < 1.29 is 33.0 Å². The second-order valence-electron chi connectivity index (χ2n) is 5.27. The molecule has 0 aliphatic rings. The number of aliphatic hydroxyl groups excluding tert-OH is 1. The van der Waals surface area contributed by atoms with E-state index in [2.05, 4.69) is 10.1 Å². The van der Waals surface area contributed by atoms with Crippen LogP contribution in [0.2, 0.25) is 0 Å². The van der Waals surface area contributed by atoms with Crippen molar-refractivity contribution in [3.8, 4) is 5.75 Å². The number of rotatable bonds is 7. The van der Waals surface area contributed by atoms with Gasteiger partial charge < -0.3 is 19.9 Å². The number of nitrogens with one attached hydrogen (secondary N) is 1. The Morgan fingerprint density at radius 2 is 1.77 bits per heavy atom. The molecule has 1 amide bonds. The summed E-state index contributed by atoms with van der Waals surface area (Å²) in [6.45, 7) is -1.84. The number of hydrogen-bond donors (Lipinski definition) is 2. The van der Waals surface area contributed by atoms with Crippen LogP contribution in [0, 0.1) is 0 Å². The summed E-state index contributed by atoms with van der Waals surface area (Å²) in [5, 5.41) is 11.4. The van der Waals surface area contributed by atoms with Gasteiger partial charge in [-0.2, -0.15) is 8.78 Å². The van der Waals surface area contributed by atoms with Crippen molar-refractivity contribution in [3.63, 3.8) is 0 Å². The van der Waals surface area contributed by atoms with Crippen LogP contribution in [0.4, 0.5) is 14.5 Å². The van der Waals surface area contributed by atoms with E-state index in [1.807, 2.05) is 0 Å². The summed E-state index contributed by atoms with van der Waals surface area (Å²) >= 11 is 0. The van der Waals surface area contributed by atoms with Crippen LogP contribution in [0.1, 0.15) is 22.8 Å². The van der Waals surface area contributed by atoms with E-state index in [1.54, 1.807) is 12.1 Å². The van der Waals surface area contributed by atoms with E-state index in [1.165, 1.54) is 43.3 Å². The Kier molecular flexibility index (Phi) is 6.62. The first-order valence-electron chi connectivity index (χ1n) is 7.66. The van der Waals surface area contributed by atoms with Gasteiger partial charge in [0.15, 0.2) is 6.10 Å². The van der Waals surface area contributed by atoms with Gasteiger partial charge in [-0.05, 0) is 36.8 Å². The second kappa shape index (κ2) is 8.91. The molecule has 0 bridgehead atoms. The zero-order valence-electron chi connectivity index (χ0n) is 13.8. The minimum absolute atomic E-state index is 0.0352. The summed E-state index contributed by atoms with van der Waals surface area (Å²) < 4.78 is 34.2. The molecule has 2 rings (SSSR count). The number of para-hydroxylation sites is 2. The molecule has 26 heavy (non-hydrogen) atoms. The fourth-order valence-corrected chi connectivity index (χ4v) is 2.03. The summed E-state index contributed by atoms with van der Waals surface area (Å²) in [6, 6.07) is 11.7. The van der Waals surface area contributed by atoms with Crippen LogP contribution in [0.15, 0.2) is 48.5 Å². The van der Waals surface area contributed by atoms with Gasteiger partial charge in [0.25, 0.3) is 5.91 Å². The van der Waals surface area contributed by atoms with E-state index in [0.29, 0.717) is 5.56 Å². The maximum absolute atomic E-state index is 12.4. The molecule has 138 valence electrons. The minimum atomic E-state index is -3.04. The van der Waals surface area contributed by atoms with Gasteiger partial charge >= 0.3 is 12.6 Å². The number of carbonyl (C=O) groups excluding carboxylic acids is 2. The van der Waals surface area contributed by atoms with Crippen molar-refractivity contribution in [2.75, 3.05) is 5.32 Å². The second-order valence-corrected chi connectivity index (χ2v) is 5.27. The summed E-state index contributed by atoms with van der Waals surface area (Å²) in [5.41, 5.74) is 0.874. The maximum Gasteiger partial charge on any atom is 0.387 e. The summed E-state index contributed by atoms with van der Waals surface area (Å²) in [7, 11) is 0. The highest BCUT2D eigenvalue weighted by Gasteiger charge is 2.20. The Balaban J connectivity index is 2.00. The van der Waals surface area contributed by atoms with Gasteiger partial charge in [0.2, 0.25) is 0 Å². The van der Waals surface area contributed by atoms with Crippen LogP contribution < -0.4 is 10.1 Å². The Hall–Kier alpha value is -3.00. The quantitative estimate of drug-likeness (QED) is 0.737. The Labute approximate surface area is 148 Å². The van der Waals surface area contributed by atoms with Crippen molar-refractivity contribution in [2.45, 2.75) is 26.2 Å². The highest BCUT2D eigenvalue weighted by atomic mass is 19.3. The Morgan fingerprint density at radius 3 is 2.38 bits per heavy atom. The number of alkyl halides is 2. The van der Waals surface area contributed by atoms with Crippen LogP contribution >= 0.6 is 0 Å². The van der Waals surface area contributed by atoms with Crippen molar-refractivity contribution >= 4 is 17.6 Å². The lowest BCUT2D eigenvalue weighted by molar-refractivity contribution is -0.123. The minimum Gasteiger partial charge on any atom is -0.449 e. The van der Waals surface area contributed by atoms with Crippen LogP contribution in [-0.4, -0.2) is 29.7 Å². The topological polar surface area (TPSA) is 84.9 Å². The summed E-state index contributed by atoms with van der Waals surface area (Å²) in [6.07, 6.45) is -1.17. The molecular weight excluding hydrogens is 348 g/mol. The van der Waals surface area contributed by atoms with Crippen LogP contribution in [0.3, 0.4) is 0 Å². The van der Waals surface area contributed by atoms with Gasteiger partial charge in [0.05, 0.1) is 17.9 Å². The number of carbonyl (C=O) groups is 2. The van der Waals surface area contributed by atoms with Crippen molar-refractivity contribution in [1.29, 1.82) is 0 Å². The van der Waals surface area contributed by atoms with Crippen LogP contribution in [0.5, 0.6) is 5.75 Å². The zero-order chi connectivity index (χ0) is 19.1. The van der Waals surface area contributed by atoms with Gasteiger partial charge in [-0.1, -0.05) is 24.3 Å². The third kappa shape index (κ3) is 5.25. The number of benzene rings is 2. The third-order valence-electron chi connectivity index (χ3n) is 3.39. The molecule has 0 fully saturated rings. The number of ether oxygens (including phenoxy) is 2. The molecule has 0 saturated carbocycles. The molecule has 0 aromatic heterocycles. The van der Waals surface area contributed by atoms with E-state index in [9.17, 15) is 18.4 Å². The number of halogens is 2. The molecule has 2 aromatic rings. The molecule has 6 nitrogen and oxygen atoms in total. The zero-order valence-corrected chi connectivity index (χ0v) is 13.8. The van der Waals surface area contributed by atoms with Gasteiger partial charge in [0, 0.05) is 0 Å². The average molecular weight is 365 g/mol. The highest BCUT2D eigenvalue weighted by molar-refractivity contribution is 5.98. The Bertz CT molecular complexity index is 764. The smallest absolute Gasteiger partial charge is 0.387 e. The predicted octanol–water partition coefficient (Wildman–Crippen LogP) is 2.96. The van der Waals surface area contributed by atoms with E-state index in [-0.39, 0.29) is 23.6 Å². The maximum atomic E-state index is 12.4. The van der Waals surface area contributed by atoms with Gasteiger partial charge in [0.1, 0.15) is 5.75 Å². The molecule has 2 N–H and O–H groups in total. The van der Waals surface area contributed by atoms with E-state index in [4.69, 9.17) is 9.84 Å². The van der Waals surface area contributed by atoms with E-state index >= 15 is 0 Å². The molecule has 8 heteroatoms. The van der Waals surface area contributed by atoms with Crippen molar-refractivity contribution in [3.05, 3.63) is 59.7 Å². The first kappa shape index (κ1) is 19.3. The Morgan fingerprint density at radius 1 is 1.12 bits per heavy atom. The van der Waals surface area contributed by atoms with Gasteiger partial charge in [-0.3, -0.25) is 4.79 Å². The lowest BCUT2D eigenvalue weighted by atomic mass is 10.1. The number of esters is 1. The molecule has 0 radical (unpaired) electrons. The molecule has 0 spiro atoms. The third-order valence-corrected chi connectivity index (χ3v) is 3.39. The molecule has 0 aliphatic heterocycles. The molecule has 0 unspecified atom stereocenters. The molecule has 0 aliphatic carbocycles. The molecule has 1 atom stereocenters. The number of anilines is 1. The predicted molar refractivity (Wildman–Crippen MR) is 88.9 cm³/mol. The van der Waals surface area contributed by atoms with E-state index < -0.39 is 24.6 Å². The first-order chi connectivity index (χ1) is 12.4. The highest BCUT2D eigenvalue weighted by Crippen LogP contribution is 2.25. The fourth-order valence-electron chi connectivity index (χ4n) is 2.03. The monoisotopic (exact) mass is 365 g/mol. The summed E-state index contributed by atoms with van der Waals surface area (Å²) in [4.78, 5) is 24.2. The average Bonchev–Trinajstić information content (AvgIpc) is 2.62. The lowest BCUT2D eigenvalue weighted by Gasteiger charge is -2.15.